The van der Waals surface area contributed by atoms with Crippen molar-refractivity contribution in [1.29, 1.82) is 0 Å². The maximum atomic E-state index is 5.76. The number of hydrogen-bond donors (Lipinski definition) is 1. The summed E-state index contributed by atoms with van der Waals surface area (Å²) in [5.41, 5.74) is 6.86. The number of methoxy groups -OCH3 is 1. The number of halogens is 1. The van der Waals surface area contributed by atoms with Gasteiger partial charge in [0.15, 0.2) is 5.96 Å². The van der Waals surface area contributed by atoms with Crippen molar-refractivity contribution in [1.82, 2.24) is 4.90 Å². The Morgan fingerprint density at radius 1 is 1.56 bits per heavy atom. The van der Waals surface area contributed by atoms with Crippen molar-refractivity contribution >= 4 is 21.9 Å². The van der Waals surface area contributed by atoms with Crippen LogP contribution in [-0.2, 0) is 0 Å². The van der Waals surface area contributed by atoms with Crippen LogP contribution in [0.2, 0.25) is 0 Å². The Morgan fingerprint density at radius 2 is 2.31 bits per heavy atom. The quantitative estimate of drug-likeness (QED) is 0.900. The molecule has 2 N–H and O–H groups in total. The molecule has 1 aromatic carbocycles. The predicted molar refractivity (Wildman–Crippen MR) is 67.7 cm³/mol. The van der Waals surface area contributed by atoms with Crippen molar-refractivity contribution < 1.29 is 4.74 Å². The van der Waals surface area contributed by atoms with E-state index in [0.29, 0.717) is 12.5 Å². The van der Waals surface area contributed by atoms with Gasteiger partial charge >= 0.3 is 0 Å². The normalized spacial score (nSPS) is 19.8. The first-order valence-corrected chi connectivity index (χ1v) is 5.79. The van der Waals surface area contributed by atoms with E-state index in [1.54, 1.807) is 7.11 Å². The first-order chi connectivity index (χ1) is 7.63. The van der Waals surface area contributed by atoms with Crippen LogP contribution in [0.4, 0.5) is 0 Å². The molecule has 1 unspecified atom stereocenters. The van der Waals surface area contributed by atoms with Crippen LogP contribution in [0, 0.1) is 0 Å². The van der Waals surface area contributed by atoms with Gasteiger partial charge in [0.25, 0.3) is 0 Å². The van der Waals surface area contributed by atoms with E-state index in [1.165, 1.54) is 0 Å². The minimum absolute atomic E-state index is 0.160. The smallest absolute Gasteiger partial charge is 0.191 e. The lowest BCUT2D eigenvalue weighted by molar-refractivity contribution is 0.371. The van der Waals surface area contributed by atoms with E-state index in [-0.39, 0.29) is 6.04 Å². The second kappa shape index (κ2) is 4.33. The Morgan fingerprint density at radius 3 is 2.88 bits per heavy atom. The van der Waals surface area contributed by atoms with E-state index in [0.717, 1.165) is 15.8 Å². The summed E-state index contributed by atoms with van der Waals surface area (Å²) in [5, 5.41) is 0. The molecule has 0 radical (unpaired) electrons. The molecule has 0 aromatic heterocycles. The third kappa shape index (κ3) is 1.87. The average molecular weight is 284 g/mol. The fourth-order valence-electron chi connectivity index (χ4n) is 1.85. The topological polar surface area (TPSA) is 50.9 Å². The first kappa shape index (κ1) is 11.3. The lowest BCUT2D eigenvalue weighted by Gasteiger charge is -2.23. The maximum absolute atomic E-state index is 5.76. The molecule has 0 spiro atoms. The lowest BCUT2D eigenvalue weighted by atomic mass is 10.1. The van der Waals surface area contributed by atoms with Crippen LogP contribution in [0.15, 0.2) is 27.7 Å². The van der Waals surface area contributed by atoms with Crippen LogP contribution in [0.3, 0.4) is 0 Å². The van der Waals surface area contributed by atoms with E-state index in [9.17, 15) is 0 Å². The zero-order valence-corrected chi connectivity index (χ0v) is 10.9. The van der Waals surface area contributed by atoms with Crippen molar-refractivity contribution in [3.05, 3.63) is 28.2 Å². The monoisotopic (exact) mass is 283 g/mol. The van der Waals surface area contributed by atoms with E-state index in [2.05, 4.69) is 20.9 Å². The largest absolute Gasteiger partial charge is 0.496 e. The number of hydrogen-bond acceptors (Lipinski definition) is 4. The SMILES string of the molecule is COc1ccc(Br)cc1C1CN=C(N)N1C. The van der Waals surface area contributed by atoms with E-state index in [1.807, 2.05) is 30.1 Å². The van der Waals surface area contributed by atoms with Gasteiger partial charge in [0.2, 0.25) is 0 Å². The number of nitrogens with two attached hydrogens (primary N) is 1. The standard InChI is InChI=1S/C11H14BrN3O/c1-15-9(6-14-11(15)13)8-5-7(12)3-4-10(8)16-2/h3-5,9H,6H2,1-2H3,(H2,13,14). The highest BCUT2D eigenvalue weighted by molar-refractivity contribution is 9.10. The summed E-state index contributed by atoms with van der Waals surface area (Å²) in [7, 11) is 3.61. The third-order valence-electron chi connectivity index (χ3n) is 2.81. The van der Waals surface area contributed by atoms with Gasteiger partial charge < -0.3 is 15.4 Å². The van der Waals surface area contributed by atoms with Crippen LogP contribution in [-0.4, -0.2) is 31.6 Å². The summed E-state index contributed by atoms with van der Waals surface area (Å²) in [6, 6.07) is 6.12. The second-order valence-electron chi connectivity index (χ2n) is 3.71. The van der Waals surface area contributed by atoms with Crippen molar-refractivity contribution in [2.24, 2.45) is 10.7 Å². The molecule has 0 aliphatic carbocycles. The number of likely N-dealkylation sites (N-methyl/N-ethyl adjacent to an activating group) is 1. The number of guanidine groups is 1. The second-order valence-corrected chi connectivity index (χ2v) is 4.63. The summed E-state index contributed by atoms with van der Waals surface area (Å²) < 4.78 is 6.39. The molecule has 16 heavy (non-hydrogen) atoms. The Labute approximate surface area is 103 Å². The van der Waals surface area contributed by atoms with Crippen LogP contribution in [0.5, 0.6) is 5.75 Å². The molecule has 1 atom stereocenters. The third-order valence-corrected chi connectivity index (χ3v) is 3.30. The Balaban J connectivity index is 2.37. The summed E-state index contributed by atoms with van der Waals surface area (Å²) in [5.74, 6) is 1.44. The molecule has 1 aliphatic heterocycles. The van der Waals surface area contributed by atoms with Gasteiger partial charge in [-0.05, 0) is 18.2 Å². The van der Waals surface area contributed by atoms with Crippen molar-refractivity contribution in [3.8, 4) is 5.75 Å². The van der Waals surface area contributed by atoms with Crippen LogP contribution >= 0.6 is 15.9 Å². The van der Waals surface area contributed by atoms with Gasteiger partial charge in [-0.2, -0.15) is 0 Å². The molecule has 2 rings (SSSR count). The summed E-state index contributed by atoms with van der Waals surface area (Å²) in [6.07, 6.45) is 0. The average Bonchev–Trinajstić information content (AvgIpc) is 2.60. The molecule has 5 heteroatoms. The van der Waals surface area contributed by atoms with Crippen LogP contribution in [0.25, 0.3) is 0 Å². The number of aliphatic imine (C=N–C) groups is 1. The van der Waals surface area contributed by atoms with Gasteiger partial charge in [-0.15, -0.1) is 0 Å². The lowest BCUT2D eigenvalue weighted by Crippen LogP contribution is -2.32. The van der Waals surface area contributed by atoms with Gasteiger partial charge in [0.1, 0.15) is 5.75 Å². The predicted octanol–water partition coefficient (Wildman–Crippen LogP) is 1.76. The molecular formula is C11H14BrN3O. The Kier molecular flexibility index (Phi) is 3.05. The van der Waals surface area contributed by atoms with Gasteiger partial charge in [0.05, 0.1) is 19.7 Å². The highest BCUT2D eigenvalue weighted by Gasteiger charge is 2.26. The molecule has 0 amide bonds. The molecule has 1 heterocycles. The van der Waals surface area contributed by atoms with Gasteiger partial charge in [-0.3, -0.25) is 4.99 Å². The molecule has 1 aliphatic rings. The minimum Gasteiger partial charge on any atom is -0.496 e. The number of benzene rings is 1. The Hall–Kier alpha value is -1.23. The minimum atomic E-state index is 0.160. The zero-order valence-electron chi connectivity index (χ0n) is 9.27. The van der Waals surface area contributed by atoms with E-state index in [4.69, 9.17) is 10.5 Å². The van der Waals surface area contributed by atoms with Crippen molar-refractivity contribution in [2.75, 3.05) is 20.7 Å². The summed E-state index contributed by atoms with van der Waals surface area (Å²) in [6.45, 7) is 0.676. The number of rotatable bonds is 2. The molecule has 0 saturated carbocycles. The highest BCUT2D eigenvalue weighted by Crippen LogP contribution is 2.33. The van der Waals surface area contributed by atoms with Gasteiger partial charge in [-0.25, -0.2) is 0 Å². The van der Waals surface area contributed by atoms with Crippen molar-refractivity contribution in [3.63, 3.8) is 0 Å². The van der Waals surface area contributed by atoms with Crippen LogP contribution in [0.1, 0.15) is 11.6 Å². The molecule has 86 valence electrons. The summed E-state index contributed by atoms with van der Waals surface area (Å²) in [4.78, 5) is 6.19. The number of ether oxygens (including phenoxy) is 1. The van der Waals surface area contributed by atoms with Gasteiger partial charge in [0, 0.05) is 17.1 Å². The summed E-state index contributed by atoms with van der Waals surface area (Å²) >= 11 is 3.46. The Bertz CT molecular complexity index is 433. The fourth-order valence-corrected chi connectivity index (χ4v) is 2.23. The first-order valence-electron chi connectivity index (χ1n) is 4.99. The van der Waals surface area contributed by atoms with Crippen LogP contribution < -0.4 is 10.5 Å². The molecule has 0 fully saturated rings. The molecule has 4 nitrogen and oxygen atoms in total. The van der Waals surface area contributed by atoms with E-state index < -0.39 is 0 Å². The van der Waals surface area contributed by atoms with Crippen molar-refractivity contribution in [2.45, 2.75) is 6.04 Å². The van der Waals surface area contributed by atoms with Gasteiger partial charge in [-0.1, -0.05) is 15.9 Å². The zero-order chi connectivity index (χ0) is 11.7. The molecule has 0 bridgehead atoms. The molecule has 1 aromatic rings. The highest BCUT2D eigenvalue weighted by atomic mass is 79.9. The molecule has 0 saturated heterocycles. The fraction of sp³-hybridized carbons (Fsp3) is 0.364. The maximum Gasteiger partial charge on any atom is 0.191 e. The number of nitrogens with zero attached hydrogens (tertiary/aromatic N) is 2. The van der Waals surface area contributed by atoms with E-state index >= 15 is 0 Å². The molecular weight excluding hydrogens is 270 g/mol.